The van der Waals surface area contributed by atoms with E-state index in [-0.39, 0.29) is 0 Å². The lowest BCUT2D eigenvalue weighted by Crippen LogP contribution is -2.44. The maximum absolute atomic E-state index is 3.83. The number of hydrogen-bond acceptors (Lipinski definition) is 2. The molecule has 1 aliphatic heterocycles. The quantitative estimate of drug-likeness (QED) is 0.882. The van der Waals surface area contributed by atoms with Crippen LogP contribution in [0.1, 0.15) is 56.7 Å². The first-order chi connectivity index (χ1) is 9.76. The molecule has 1 atom stereocenters. The van der Waals surface area contributed by atoms with Crippen molar-refractivity contribution < 1.29 is 0 Å². The largest absolute Gasteiger partial charge is 0.307 e. The molecule has 0 spiro atoms. The average molecular weight is 272 g/mol. The predicted molar refractivity (Wildman–Crippen MR) is 85.0 cm³/mol. The van der Waals surface area contributed by atoms with E-state index in [1.807, 2.05) is 0 Å². The Morgan fingerprint density at radius 3 is 2.30 bits per heavy atom. The SMILES string of the molecule is CCc1ccc(C(C)NC2CCN(C3CC3)CC2)cc1. The zero-order chi connectivity index (χ0) is 13.9. The van der Waals surface area contributed by atoms with Gasteiger partial charge in [0, 0.05) is 18.1 Å². The van der Waals surface area contributed by atoms with Crippen molar-refractivity contribution in [3.8, 4) is 0 Å². The first-order valence-electron chi connectivity index (χ1n) is 8.35. The van der Waals surface area contributed by atoms with Crippen molar-refractivity contribution in [2.75, 3.05) is 13.1 Å². The molecule has 1 aromatic rings. The van der Waals surface area contributed by atoms with E-state index in [1.54, 1.807) is 0 Å². The molecule has 2 heteroatoms. The lowest BCUT2D eigenvalue weighted by atomic mass is 10.0. The molecule has 3 rings (SSSR count). The fraction of sp³-hybridized carbons (Fsp3) is 0.667. The Labute approximate surface area is 123 Å². The Balaban J connectivity index is 1.49. The molecule has 1 heterocycles. The van der Waals surface area contributed by atoms with Crippen LogP contribution in [0.5, 0.6) is 0 Å². The van der Waals surface area contributed by atoms with Gasteiger partial charge < -0.3 is 10.2 Å². The van der Waals surface area contributed by atoms with Crippen molar-refractivity contribution in [3.05, 3.63) is 35.4 Å². The number of benzene rings is 1. The highest BCUT2D eigenvalue weighted by Gasteiger charge is 2.31. The van der Waals surface area contributed by atoms with Gasteiger partial charge in [-0.3, -0.25) is 0 Å². The Kier molecular flexibility index (Phi) is 4.42. The maximum Gasteiger partial charge on any atom is 0.0294 e. The van der Waals surface area contributed by atoms with Gasteiger partial charge in [0.05, 0.1) is 0 Å². The predicted octanol–water partition coefficient (Wildman–Crippen LogP) is 3.53. The number of rotatable bonds is 5. The molecule has 20 heavy (non-hydrogen) atoms. The smallest absolute Gasteiger partial charge is 0.0294 e. The van der Waals surface area contributed by atoms with E-state index in [4.69, 9.17) is 0 Å². The van der Waals surface area contributed by atoms with Crippen LogP contribution in [-0.2, 0) is 6.42 Å². The minimum atomic E-state index is 0.471. The molecule has 1 saturated heterocycles. The molecule has 2 fully saturated rings. The molecule has 2 nitrogen and oxygen atoms in total. The third kappa shape index (κ3) is 3.42. The molecular weight excluding hydrogens is 244 g/mol. The van der Waals surface area contributed by atoms with E-state index in [9.17, 15) is 0 Å². The molecule has 1 N–H and O–H groups in total. The van der Waals surface area contributed by atoms with Gasteiger partial charge in [-0.2, -0.15) is 0 Å². The van der Waals surface area contributed by atoms with Crippen LogP contribution in [0.2, 0.25) is 0 Å². The van der Waals surface area contributed by atoms with Gasteiger partial charge in [0.15, 0.2) is 0 Å². The lowest BCUT2D eigenvalue weighted by molar-refractivity contribution is 0.184. The summed E-state index contributed by atoms with van der Waals surface area (Å²) in [7, 11) is 0. The van der Waals surface area contributed by atoms with E-state index in [2.05, 4.69) is 48.3 Å². The third-order valence-corrected chi connectivity index (χ3v) is 4.97. The summed E-state index contributed by atoms with van der Waals surface area (Å²) in [6, 6.07) is 11.2. The number of aryl methyl sites for hydroxylation is 1. The van der Waals surface area contributed by atoms with Crippen LogP contribution in [0, 0.1) is 0 Å². The van der Waals surface area contributed by atoms with Crippen LogP contribution in [-0.4, -0.2) is 30.1 Å². The second kappa shape index (κ2) is 6.28. The van der Waals surface area contributed by atoms with Crippen molar-refractivity contribution in [1.29, 1.82) is 0 Å². The van der Waals surface area contributed by atoms with Crippen molar-refractivity contribution >= 4 is 0 Å². The number of nitrogens with one attached hydrogen (secondary N) is 1. The van der Waals surface area contributed by atoms with E-state index >= 15 is 0 Å². The van der Waals surface area contributed by atoms with Gasteiger partial charge in [0.2, 0.25) is 0 Å². The topological polar surface area (TPSA) is 15.3 Å². The van der Waals surface area contributed by atoms with E-state index in [0.717, 1.165) is 12.5 Å². The van der Waals surface area contributed by atoms with Crippen molar-refractivity contribution in [1.82, 2.24) is 10.2 Å². The summed E-state index contributed by atoms with van der Waals surface area (Å²) in [5.74, 6) is 0. The monoisotopic (exact) mass is 272 g/mol. The number of piperidine rings is 1. The average Bonchev–Trinajstić information content (AvgIpc) is 3.33. The lowest BCUT2D eigenvalue weighted by Gasteiger charge is -2.34. The van der Waals surface area contributed by atoms with E-state index in [1.165, 1.54) is 49.9 Å². The normalized spacial score (nSPS) is 22.9. The highest BCUT2D eigenvalue weighted by atomic mass is 15.2. The summed E-state index contributed by atoms with van der Waals surface area (Å²) >= 11 is 0. The number of likely N-dealkylation sites (tertiary alicyclic amines) is 1. The van der Waals surface area contributed by atoms with Gasteiger partial charge in [0.1, 0.15) is 0 Å². The van der Waals surface area contributed by atoms with Gasteiger partial charge in [-0.1, -0.05) is 31.2 Å². The van der Waals surface area contributed by atoms with Crippen LogP contribution in [0.15, 0.2) is 24.3 Å². The molecule has 0 radical (unpaired) electrons. The second-order valence-electron chi connectivity index (χ2n) is 6.52. The van der Waals surface area contributed by atoms with Crippen LogP contribution in [0.25, 0.3) is 0 Å². The zero-order valence-electron chi connectivity index (χ0n) is 12.9. The molecule has 0 bridgehead atoms. The summed E-state index contributed by atoms with van der Waals surface area (Å²) in [4.78, 5) is 2.69. The standard InChI is InChI=1S/C18H28N2/c1-3-15-4-6-16(7-5-15)14(2)19-17-10-12-20(13-11-17)18-8-9-18/h4-7,14,17-19H,3,8-13H2,1-2H3. The Bertz CT molecular complexity index is 414. The van der Waals surface area contributed by atoms with Crippen LogP contribution in [0.4, 0.5) is 0 Å². The molecule has 0 aromatic heterocycles. The summed E-state index contributed by atoms with van der Waals surface area (Å²) in [6.07, 6.45) is 6.64. The molecule has 1 aromatic carbocycles. The van der Waals surface area contributed by atoms with E-state index in [0.29, 0.717) is 12.1 Å². The molecular formula is C18H28N2. The van der Waals surface area contributed by atoms with Gasteiger partial charge in [-0.15, -0.1) is 0 Å². The summed E-state index contributed by atoms with van der Waals surface area (Å²) < 4.78 is 0. The van der Waals surface area contributed by atoms with E-state index < -0.39 is 0 Å². The molecule has 1 unspecified atom stereocenters. The Morgan fingerprint density at radius 2 is 1.75 bits per heavy atom. The third-order valence-electron chi connectivity index (χ3n) is 4.97. The molecule has 110 valence electrons. The number of hydrogen-bond donors (Lipinski definition) is 1. The van der Waals surface area contributed by atoms with Crippen LogP contribution < -0.4 is 5.32 Å². The van der Waals surface area contributed by atoms with Crippen LogP contribution in [0.3, 0.4) is 0 Å². The summed E-state index contributed by atoms with van der Waals surface area (Å²) in [6.45, 7) is 7.10. The highest BCUT2D eigenvalue weighted by molar-refractivity contribution is 5.24. The summed E-state index contributed by atoms with van der Waals surface area (Å²) in [5, 5.41) is 3.83. The Morgan fingerprint density at radius 1 is 1.10 bits per heavy atom. The second-order valence-corrected chi connectivity index (χ2v) is 6.52. The summed E-state index contributed by atoms with van der Waals surface area (Å²) in [5.41, 5.74) is 2.85. The van der Waals surface area contributed by atoms with Gasteiger partial charge in [-0.25, -0.2) is 0 Å². The maximum atomic E-state index is 3.83. The fourth-order valence-corrected chi connectivity index (χ4v) is 3.36. The van der Waals surface area contributed by atoms with Gasteiger partial charge >= 0.3 is 0 Å². The van der Waals surface area contributed by atoms with Crippen molar-refractivity contribution in [2.45, 2.75) is 64.1 Å². The van der Waals surface area contributed by atoms with Crippen molar-refractivity contribution in [2.24, 2.45) is 0 Å². The molecule has 1 saturated carbocycles. The first kappa shape index (κ1) is 14.1. The number of nitrogens with zero attached hydrogens (tertiary/aromatic N) is 1. The molecule has 1 aliphatic carbocycles. The van der Waals surface area contributed by atoms with Gasteiger partial charge in [0.25, 0.3) is 0 Å². The van der Waals surface area contributed by atoms with Gasteiger partial charge in [-0.05, 0) is 63.2 Å². The Hall–Kier alpha value is -0.860. The molecule has 0 amide bonds. The first-order valence-corrected chi connectivity index (χ1v) is 8.35. The van der Waals surface area contributed by atoms with Crippen molar-refractivity contribution in [3.63, 3.8) is 0 Å². The molecule has 2 aliphatic rings. The fourth-order valence-electron chi connectivity index (χ4n) is 3.36. The highest BCUT2D eigenvalue weighted by Crippen LogP contribution is 2.29. The minimum absolute atomic E-state index is 0.471. The minimum Gasteiger partial charge on any atom is -0.307 e. The van der Waals surface area contributed by atoms with Crippen LogP contribution >= 0.6 is 0 Å². The zero-order valence-corrected chi connectivity index (χ0v) is 12.9.